The van der Waals surface area contributed by atoms with Crippen molar-refractivity contribution in [2.45, 2.75) is 90.9 Å². The summed E-state index contributed by atoms with van der Waals surface area (Å²) < 4.78 is 1.80. The molecule has 1 saturated heterocycles. The predicted octanol–water partition coefficient (Wildman–Crippen LogP) is 7.87. The number of nitrogens with one attached hydrogen (secondary N) is 2. The van der Waals surface area contributed by atoms with Crippen molar-refractivity contribution < 1.29 is 9.59 Å². The third-order valence-corrected chi connectivity index (χ3v) is 8.93. The van der Waals surface area contributed by atoms with Crippen LogP contribution in [-0.2, 0) is 16.6 Å². The minimum Gasteiger partial charge on any atom is -0.343 e. The number of para-hydroxylation sites is 1. The number of aromatic nitrogens is 2. The average Bonchev–Trinajstić information content (AvgIpc) is 3.40. The highest BCUT2D eigenvalue weighted by Gasteiger charge is 2.26. The van der Waals surface area contributed by atoms with Gasteiger partial charge in [0.25, 0.3) is 0 Å². The fraction of sp³-hybridized carbons (Fsp3) is 0.514. The largest absolute Gasteiger partial charge is 0.343 e. The second-order valence-corrected chi connectivity index (χ2v) is 13.4. The summed E-state index contributed by atoms with van der Waals surface area (Å²) >= 11 is 0. The van der Waals surface area contributed by atoms with Gasteiger partial charge in [-0.3, -0.25) is 10.1 Å². The molecule has 2 fully saturated rings. The zero-order valence-corrected chi connectivity index (χ0v) is 25.8. The molecule has 42 heavy (non-hydrogen) atoms. The zero-order valence-electron chi connectivity index (χ0n) is 25.8. The van der Waals surface area contributed by atoms with Crippen molar-refractivity contribution in [1.29, 1.82) is 0 Å². The third kappa shape index (κ3) is 7.61. The van der Waals surface area contributed by atoms with Crippen LogP contribution in [0.15, 0.2) is 54.6 Å². The number of urea groups is 1. The number of rotatable bonds is 7. The molecule has 0 radical (unpaired) electrons. The molecule has 7 heteroatoms. The predicted molar refractivity (Wildman–Crippen MR) is 170 cm³/mol. The highest BCUT2D eigenvalue weighted by molar-refractivity contribution is 6.00. The minimum absolute atomic E-state index is 0.161. The Morgan fingerprint density at radius 3 is 2.26 bits per heavy atom. The third-order valence-electron chi connectivity index (χ3n) is 8.93. The Balaban J connectivity index is 1.20. The van der Waals surface area contributed by atoms with Gasteiger partial charge in [-0.1, -0.05) is 75.9 Å². The van der Waals surface area contributed by atoms with E-state index in [1.165, 1.54) is 37.7 Å². The molecule has 3 aromatic rings. The number of nitrogens with zero attached hydrogens (tertiary/aromatic N) is 3. The topological polar surface area (TPSA) is 79.3 Å². The van der Waals surface area contributed by atoms with Gasteiger partial charge in [-0.25, -0.2) is 9.48 Å². The van der Waals surface area contributed by atoms with Crippen molar-refractivity contribution in [3.05, 3.63) is 71.4 Å². The lowest BCUT2D eigenvalue weighted by molar-refractivity contribution is -0.133. The molecule has 1 aromatic heterocycles. The second kappa shape index (κ2) is 13.1. The average molecular weight is 570 g/mol. The Bertz CT molecular complexity index is 1360. The van der Waals surface area contributed by atoms with E-state index in [-0.39, 0.29) is 11.4 Å². The molecule has 0 unspecified atom stereocenters. The van der Waals surface area contributed by atoms with Gasteiger partial charge in [0.2, 0.25) is 5.91 Å². The number of carbonyl (C=O) groups excluding carboxylic acids is 2. The quantitative estimate of drug-likeness (QED) is 0.304. The van der Waals surface area contributed by atoms with Crippen molar-refractivity contribution in [2.24, 2.45) is 11.8 Å². The summed E-state index contributed by atoms with van der Waals surface area (Å²) in [6, 6.07) is 17.8. The van der Waals surface area contributed by atoms with Gasteiger partial charge in [0.05, 0.1) is 11.4 Å². The lowest BCUT2D eigenvalue weighted by Gasteiger charge is -2.33. The van der Waals surface area contributed by atoms with Gasteiger partial charge in [-0.15, -0.1) is 0 Å². The van der Waals surface area contributed by atoms with Crippen molar-refractivity contribution in [1.82, 2.24) is 14.7 Å². The zero-order chi connectivity index (χ0) is 29.7. The van der Waals surface area contributed by atoms with Crippen LogP contribution in [0.3, 0.4) is 0 Å². The van der Waals surface area contributed by atoms with Gasteiger partial charge < -0.3 is 10.2 Å². The van der Waals surface area contributed by atoms with Crippen molar-refractivity contribution in [2.75, 3.05) is 23.7 Å². The van der Waals surface area contributed by atoms with Gasteiger partial charge in [-0.05, 0) is 74.6 Å². The van der Waals surface area contributed by atoms with Crippen LogP contribution in [0.1, 0.15) is 89.0 Å². The first-order chi connectivity index (χ1) is 20.2. The summed E-state index contributed by atoms with van der Waals surface area (Å²) in [5.41, 5.74) is 4.76. The van der Waals surface area contributed by atoms with E-state index in [9.17, 15) is 9.59 Å². The summed E-state index contributed by atoms with van der Waals surface area (Å²) in [6.45, 7) is 10.1. The smallest absolute Gasteiger partial charge is 0.324 e. The number of aryl methyl sites for hydroxylation is 1. The van der Waals surface area contributed by atoms with E-state index in [4.69, 9.17) is 5.10 Å². The molecule has 2 aromatic carbocycles. The van der Waals surface area contributed by atoms with Crippen molar-refractivity contribution in [3.8, 4) is 5.69 Å². The van der Waals surface area contributed by atoms with E-state index in [0.717, 1.165) is 61.4 Å². The number of hydrogen-bond donors (Lipinski definition) is 2. The molecular weight excluding hydrogens is 522 g/mol. The highest BCUT2D eigenvalue weighted by atomic mass is 16.2. The van der Waals surface area contributed by atoms with Crippen LogP contribution in [0.2, 0.25) is 0 Å². The molecule has 5 rings (SSSR count). The van der Waals surface area contributed by atoms with Crippen LogP contribution in [0, 0.1) is 18.8 Å². The number of anilines is 2. The molecule has 3 amide bonds. The minimum atomic E-state index is -0.292. The van der Waals surface area contributed by atoms with E-state index < -0.39 is 0 Å². The number of likely N-dealkylation sites (tertiary alicyclic amines) is 1. The summed E-state index contributed by atoms with van der Waals surface area (Å²) in [5, 5.41) is 11.0. The van der Waals surface area contributed by atoms with Crippen LogP contribution in [0.25, 0.3) is 5.69 Å². The van der Waals surface area contributed by atoms with E-state index in [2.05, 4.69) is 49.3 Å². The summed E-state index contributed by atoms with van der Waals surface area (Å²) in [7, 11) is 0. The van der Waals surface area contributed by atoms with Gasteiger partial charge in [-0.2, -0.15) is 5.10 Å². The summed E-state index contributed by atoms with van der Waals surface area (Å²) in [6.07, 6.45) is 9.93. The summed E-state index contributed by atoms with van der Waals surface area (Å²) in [4.78, 5) is 28.3. The van der Waals surface area contributed by atoms with Crippen molar-refractivity contribution >= 4 is 23.4 Å². The number of carbonyl (C=O) groups is 2. The maximum atomic E-state index is 13.3. The molecule has 0 spiro atoms. The van der Waals surface area contributed by atoms with Gasteiger partial charge in [0.15, 0.2) is 0 Å². The normalized spacial score (nSPS) is 16.8. The molecule has 7 nitrogen and oxygen atoms in total. The standard InChI is InChI=1S/C35H47N5O2/c1-25-14-16-29(17-15-25)40-32(24-31(38-40)35(2,3)4)37-34(42)36-30-13-9-8-12-28(30)22-27-18-20-39(21-19-27)33(41)23-26-10-6-5-7-11-26/h8-9,12-17,24,26-27H,5-7,10-11,18-23H2,1-4H3,(H2,36,37,42). The summed E-state index contributed by atoms with van der Waals surface area (Å²) in [5.74, 6) is 2.05. The molecule has 224 valence electrons. The van der Waals surface area contributed by atoms with Gasteiger partial charge >= 0.3 is 6.03 Å². The van der Waals surface area contributed by atoms with E-state index in [1.807, 2.05) is 48.5 Å². The first-order valence-electron chi connectivity index (χ1n) is 15.8. The Labute approximate surface area is 251 Å². The van der Waals surface area contributed by atoms with Crippen LogP contribution in [0.5, 0.6) is 0 Å². The Morgan fingerprint density at radius 1 is 0.881 bits per heavy atom. The number of hydrogen-bond acceptors (Lipinski definition) is 3. The highest BCUT2D eigenvalue weighted by Crippen LogP contribution is 2.30. The molecule has 2 N–H and O–H groups in total. The molecule has 0 bridgehead atoms. The van der Waals surface area contributed by atoms with Crippen molar-refractivity contribution in [3.63, 3.8) is 0 Å². The molecule has 1 aliphatic heterocycles. The van der Waals surface area contributed by atoms with Crippen LogP contribution in [-0.4, -0.2) is 39.7 Å². The molecular formula is C35H47N5O2. The van der Waals surface area contributed by atoms with Gasteiger partial charge in [0.1, 0.15) is 5.82 Å². The first kappa shape index (κ1) is 29.9. The number of benzene rings is 2. The SMILES string of the molecule is Cc1ccc(-n2nc(C(C)(C)C)cc2NC(=O)Nc2ccccc2CC2CCN(C(=O)CC3CCCCC3)CC2)cc1. The van der Waals surface area contributed by atoms with Crippen LogP contribution >= 0.6 is 0 Å². The molecule has 1 aliphatic carbocycles. The molecule has 2 aliphatic rings. The fourth-order valence-electron chi connectivity index (χ4n) is 6.27. The molecule has 0 atom stereocenters. The Hall–Kier alpha value is -3.61. The molecule has 2 heterocycles. The Kier molecular flexibility index (Phi) is 9.34. The van der Waals surface area contributed by atoms with Crippen LogP contribution in [0.4, 0.5) is 16.3 Å². The maximum absolute atomic E-state index is 13.3. The fourth-order valence-corrected chi connectivity index (χ4v) is 6.27. The van der Waals surface area contributed by atoms with Gasteiger partial charge in [0, 0.05) is 36.7 Å². The Morgan fingerprint density at radius 2 is 1.57 bits per heavy atom. The van der Waals surface area contributed by atoms with Crippen LogP contribution < -0.4 is 10.6 Å². The lowest BCUT2D eigenvalue weighted by Crippen LogP contribution is -2.39. The number of amides is 3. The first-order valence-corrected chi connectivity index (χ1v) is 15.8. The van der Waals surface area contributed by atoms with E-state index in [0.29, 0.717) is 23.6 Å². The molecule has 1 saturated carbocycles. The van der Waals surface area contributed by atoms with E-state index >= 15 is 0 Å². The van der Waals surface area contributed by atoms with E-state index in [1.54, 1.807) is 4.68 Å². The number of piperidine rings is 1. The second-order valence-electron chi connectivity index (χ2n) is 13.4. The lowest BCUT2D eigenvalue weighted by atomic mass is 9.86. The monoisotopic (exact) mass is 569 g/mol. The maximum Gasteiger partial charge on any atom is 0.324 e.